The van der Waals surface area contributed by atoms with Crippen molar-refractivity contribution < 1.29 is 22.7 Å². The van der Waals surface area contributed by atoms with Crippen molar-refractivity contribution in [1.82, 2.24) is 10.2 Å². The molecule has 18 heavy (non-hydrogen) atoms. The zero-order valence-corrected chi connectivity index (χ0v) is 9.70. The Morgan fingerprint density at radius 2 is 2.00 bits per heavy atom. The van der Waals surface area contributed by atoms with Gasteiger partial charge in [-0.1, -0.05) is 0 Å². The molecule has 0 saturated carbocycles. The predicted octanol–water partition coefficient (Wildman–Crippen LogP) is 1.28. The third-order valence-corrected chi connectivity index (χ3v) is 2.93. The molecule has 0 spiro atoms. The largest absolute Gasteiger partial charge is 0.462 e. The van der Waals surface area contributed by atoms with Crippen molar-refractivity contribution in [2.24, 2.45) is 0 Å². The molecule has 7 heteroatoms. The van der Waals surface area contributed by atoms with Gasteiger partial charge in [-0.15, -0.1) is 0 Å². The summed E-state index contributed by atoms with van der Waals surface area (Å²) in [6.07, 6.45) is -4.39. The molecule has 0 aliphatic carbocycles. The zero-order chi connectivity index (χ0) is 13.2. The van der Waals surface area contributed by atoms with Gasteiger partial charge in [0.2, 0.25) is 0 Å². The van der Waals surface area contributed by atoms with Crippen LogP contribution in [0.25, 0.3) is 0 Å². The standard InChI is InChI=1S/C11H15F3N2O2/c12-11(13,14)10(16-5-3-15-4-6-16)9-2-1-8(7-17)18-9/h1-2,10,15,17H,3-7H2/t10-/m0/s1. The third-order valence-electron chi connectivity index (χ3n) is 2.93. The van der Waals surface area contributed by atoms with Gasteiger partial charge >= 0.3 is 6.18 Å². The Kier molecular flexibility index (Phi) is 3.94. The number of aliphatic hydroxyl groups excluding tert-OH is 1. The summed E-state index contributed by atoms with van der Waals surface area (Å²) < 4.78 is 44.4. The first-order chi connectivity index (χ1) is 8.52. The normalized spacial score (nSPS) is 20.0. The van der Waals surface area contributed by atoms with Crippen molar-refractivity contribution in [2.45, 2.75) is 18.8 Å². The van der Waals surface area contributed by atoms with Crippen molar-refractivity contribution in [1.29, 1.82) is 0 Å². The second-order valence-corrected chi connectivity index (χ2v) is 4.19. The minimum atomic E-state index is -4.39. The highest BCUT2D eigenvalue weighted by molar-refractivity contribution is 5.12. The molecule has 1 aliphatic rings. The number of furan rings is 1. The van der Waals surface area contributed by atoms with Crippen LogP contribution in [0.3, 0.4) is 0 Å². The Labute approximate surface area is 102 Å². The van der Waals surface area contributed by atoms with Gasteiger partial charge in [0.1, 0.15) is 18.1 Å². The molecule has 1 fully saturated rings. The van der Waals surface area contributed by atoms with E-state index < -0.39 is 18.8 Å². The van der Waals surface area contributed by atoms with Crippen molar-refractivity contribution in [2.75, 3.05) is 26.2 Å². The number of nitrogens with zero attached hydrogens (tertiary/aromatic N) is 1. The lowest BCUT2D eigenvalue weighted by Crippen LogP contribution is -2.48. The SMILES string of the molecule is OCc1ccc([C@H](N2CCNCC2)C(F)(F)F)o1. The maximum absolute atomic E-state index is 13.1. The van der Waals surface area contributed by atoms with Gasteiger partial charge in [-0.25, -0.2) is 0 Å². The molecular formula is C11H15F3N2O2. The van der Waals surface area contributed by atoms with Crippen LogP contribution in [0.1, 0.15) is 17.6 Å². The van der Waals surface area contributed by atoms with Gasteiger partial charge in [0.25, 0.3) is 0 Å². The van der Waals surface area contributed by atoms with Crippen LogP contribution in [-0.4, -0.2) is 42.4 Å². The van der Waals surface area contributed by atoms with E-state index in [9.17, 15) is 13.2 Å². The van der Waals surface area contributed by atoms with E-state index in [0.29, 0.717) is 26.2 Å². The van der Waals surface area contributed by atoms with Gasteiger partial charge in [-0.3, -0.25) is 4.90 Å². The zero-order valence-electron chi connectivity index (χ0n) is 9.70. The monoisotopic (exact) mass is 264 g/mol. The van der Waals surface area contributed by atoms with E-state index in [0.717, 1.165) is 0 Å². The quantitative estimate of drug-likeness (QED) is 0.863. The van der Waals surface area contributed by atoms with E-state index in [-0.39, 0.29) is 11.5 Å². The molecule has 2 heterocycles. The van der Waals surface area contributed by atoms with Crippen molar-refractivity contribution in [3.8, 4) is 0 Å². The average molecular weight is 264 g/mol. The van der Waals surface area contributed by atoms with Crippen LogP contribution < -0.4 is 5.32 Å². The highest BCUT2D eigenvalue weighted by Crippen LogP contribution is 2.38. The Balaban J connectivity index is 2.24. The lowest BCUT2D eigenvalue weighted by molar-refractivity contribution is -0.192. The fraction of sp³-hybridized carbons (Fsp3) is 0.636. The van der Waals surface area contributed by atoms with Crippen molar-refractivity contribution in [3.63, 3.8) is 0 Å². The van der Waals surface area contributed by atoms with Crippen LogP contribution in [0.4, 0.5) is 13.2 Å². The molecule has 0 unspecified atom stereocenters. The van der Waals surface area contributed by atoms with E-state index in [1.807, 2.05) is 0 Å². The molecular weight excluding hydrogens is 249 g/mol. The van der Waals surface area contributed by atoms with E-state index in [1.54, 1.807) is 0 Å². The second-order valence-electron chi connectivity index (χ2n) is 4.19. The van der Waals surface area contributed by atoms with E-state index in [2.05, 4.69) is 5.32 Å². The molecule has 102 valence electrons. The fourth-order valence-electron chi connectivity index (χ4n) is 2.12. The molecule has 1 aromatic heterocycles. The molecule has 1 saturated heterocycles. The second kappa shape index (κ2) is 5.29. The first kappa shape index (κ1) is 13.4. The van der Waals surface area contributed by atoms with Crippen LogP contribution >= 0.6 is 0 Å². The molecule has 2 rings (SSSR count). The molecule has 0 radical (unpaired) electrons. The maximum atomic E-state index is 13.1. The Hall–Kier alpha value is -1.05. The maximum Gasteiger partial charge on any atom is 0.411 e. The number of aliphatic hydroxyl groups is 1. The highest BCUT2D eigenvalue weighted by Gasteiger charge is 2.46. The first-order valence-corrected chi connectivity index (χ1v) is 5.73. The summed E-state index contributed by atoms with van der Waals surface area (Å²) in [7, 11) is 0. The van der Waals surface area contributed by atoms with E-state index >= 15 is 0 Å². The number of alkyl halides is 3. The molecule has 1 atom stereocenters. The minimum Gasteiger partial charge on any atom is -0.462 e. The third kappa shape index (κ3) is 2.85. The van der Waals surface area contributed by atoms with Gasteiger partial charge in [0.05, 0.1) is 0 Å². The Morgan fingerprint density at radius 3 is 2.50 bits per heavy atom. The molecule has 4 nitrogen and oxygen atoms in total. The topological polar surface area (TPSA) is 48.6 Å². The van der Waals surface area contributed by atoms with Gasteiger partial charge in [0.15, 0.2) is 6.04 Å². The summed E-state index contributed by atoms with van der Waals surface area (Å²) in [6.45, 7) is 1.30. The van der Waals surface area contributed by atoms with Gasteiger partial charge in [-0.05, 0) is 12.1 Å². The predicted molar refractivity (Wildman–Crippen MR) is 57.9 cm³/mol. The van der Waals surface area contributed by atoms with Crippen LogP contribution in [-0.2, 0) is 6.61 Å². The summed E-state index contributed by atoms with van der Waals surface area (Å²) in [5.74, 6) is -0.0113. The minimum absolute atomic E-state index is 0.148. The lowest BCUT2D eigenvalue weighted by Gasteiger charge is -2.34. The van der Waals surface area contributed by atoms with E-state index in [4.69, 9.17) is 9.52 Å². The smallest absolute Gasteiger partial charge is 0.411 e. The van der Waals surface area contributed by atoms with Gasteiger partial charge in [-0.2, -0.15) is 13.2 Å². The lowest BCUT2D eigenvalue weighted by atomic mass is 10.1. The van der Waals surface area contributed by atoms with Gasteiger partial charge < -0.3 is 14.8 Å². The molecule has 1 aliphatic heterocycles. The summed E-state index contributed by atoms with van der Waals surface area (Å²) in [6, 6.07) is 0.919. The molecule has 2 N–H and O–H groups in total. The fourth-order valence-corrected chi connectivity index (χ4v) is 2.12. The number of nitrogens with one attached hydrogen (secondary N) is 1. The van der Waals surface area contributed by atoms with E-state index in [1.165, 1.54) is 17.0 Å². The Bertz CT molecular complexity index is 386. The average Bonchev–Trinajstić information content (AvgIpc) is 2.77. The first-order valence-electron chi connectivity index (χ1n) is 5.73. The number of hydrogen-bond acceptors (Lipinski definition) is 4. The van der Waals surface area contributed by atoms with Crippen LogP contribution in [0.2, 0.25) is 0 Å². The number of hydrogen-bond donors (Lipinski definition) is 2. The van der Waals surface area contributed by atoms with Crippen molar-refractivity contribution in [3.05, 3.63) is 23.7 Å². The van der Waals surface area contributed by atoms with Crippen LogP contribution in [0.5, 0.6) is 0 Å². The Morgan fingerprint density at radius 1 is 1.33 bits per heavy atom. The van der Waals surface area contributed by atoms with Crippen LogP contribution in [0, 0.1) is 0 Å². The molecule has 0 amide bonds. The number of halogens is 3. The molecule has 0 aromatic carbocycles. The summed E-state index contributed by atoms with van der Waals surface area (Å²) in [5, 5.41) is 11.9. The summed E-state index contributed by atoms with van der Waals surface area (Å²) in [4.78, 5) is 1.34. The van der Waals surface area contributed by atoms with Gasteiger partial charge in [0, 0.05) is 26.2 Å². The van der Waals surface area contributed by atoms with Crippen molar-refractivity contribution >= 4 is 0 Å². The summed E-state index contributed by atoms with van der Waals surface area (Å²) in [5.41, 5.74) is 0. The van der Waals surface area contributed by atoms with Crippen LogP contribution in [0.15, 0.2) is 16.5 Å². The molecule has 0 bridgehead atoms. The number of rotatable bonds is 3. The number of piperazine rings is 1. The summed E-state index contributed by atoms with van der Waals surface area (Å²) >= 11 is 0. The highest BCUT2D eigenvalue weighted by atomic mass is 19.4. The molecule has 1 aromatic rings.